The number of nitrogens with one attached hydrogen (secondary N) is 1. The average molecular weight is 245 g/mol. The van der Waals surface area contributed by atoms with E-state index in [2.05, 4.69) is 29.6 Å². The molecule has 0 saturated heterocycles. The fourth-order valence-electron chi connectivity index (χ4n) is 2.92. The normalized spacial score (nSPS) is 28.3. The van der Waals surface area contributed by atoms with E-state index in [0.717, 1.165) is 25.3 Å². The van der Waals surface area contributed by atoms with Gasteiger partial charge in [-0.2, -0.15) is 0 Å². The fourth-order valence-corrected chi connectivity index (χ4v) is 2.92. The van der Waals surface area contributed by atoms with Crippen LogP contribution in [-0.2, 0) is 6.54 Å². The van der Waals surface area contributed by atoms with Crippen molar-refractivity contribution in [2.75, 3.05) is 0 Å². The van der Waals surface area contributed by atoms with Gasteiger partial charge in [-0.1, -0.05) is 37.1 Å². The highest BCUT2D eigenvalue weighted by atomic mass is 16.3. The van der Waals surface area contributed by atoms with Gasteiger partial charge in [-0.15, -0.1) is 0 Å². The molecule has 1 aromatic carbocycles. The molecule has 0 aromatic heterocycles. The average Bonchev–Trinajstić information content (AvgIpc) is 3.23. The molecule has 0 spiro atoms. The van der Waals surface area contributed by atoms with Crippen molar-refractivity contribution in [2.24, 2.45) is 0 Å². The van der Waals surface area contributed by atoms with Crippen LogP contribution < -0.4 is 5.32 Å². The minimum Gasteiger partial charge on any atom is -0.392 e. The van der Waals surface area contributed by atoms with E-state index in [-0.39, 0.29) is 6.10 Å². The van der Waals surface area contributed by atoms with Crippen LogP contribution in [0.1, 0.15) is 55.6 Å². The van der Waals surface area contributed by atoms with Crippen LogP contribution in [-0.4, -0.2) is 17.3 Å². The quantitative estimate of drug-likeness (QED) is 0.855. The van der Waals surface area contributed by atoms with Crippen LogP contribution in [0.3, 0.4) is 0 Å². The summed E-state index contributed by atoms with van der Waals surface area (Å²) >= 11 is 0. The summed E-state index contributed by atoms with van der Waals surface area (Å²) in [5, 5.41) is 13.4. The Hall–Kier alpha value is -0.860. The third kappa shape index (κ3) is 2.93. The SMILES string of the molecule is OC1CCCCC1NCc1ccc(C2CC2)cc1. The standard InChI is InChI=1S/C16H23NO/c18-16-4-2-1-3-15(16)17-11-12-5-7-13(8-6-12)14-9-10-14/h5-8,14-18H,1-4,9-11H2. The largest absolute Gasteiger partial charge is 0.392 e. The highest BCUT2D eigenvalue weighted by Crippen LogP contribution is 2.39. The lowest BCUT2D eigenvalue weighted by Crippen LogP contribution is -2.41. The molecule has 2 N–H and O–H groups in total. The minimum atomic E-state index is -0.149. The van der Waals surface area contributed by atoms with Crippen LogP contribution in [0.2, 0.25) is 0 Å². The van der Waals surface area contributed by atoms with Gasteiger partial charge in [-0.3, -0.25) is 0 Å². The first kappa shape index (κ1) is 12.2. The van der Waals surface area contributed by atoms with Crippen LogP contribution in [0.4, 0.5) is 0 Å². The number of aliphatic hydroxyl groups is 1. The molecule has 2 atom stereocenters. The van der Waals surface area contributed by atoms with Gasteiger partial charge in [0.2, 0.25) is 0 Å². The summed E-state index contributed by atoms with van der Waals surface area (Å²) in [4.78, 5) is 0. The maximum Gasteiger partial charge on any atom is 0.0693 e. The van der Waals surface area contributed by atoms with E-state index >= 15 is 0 Å². The Morgan fingerprint density at radius 1 is 1.00 bits per heavy atom. The number of benzene rings is 1. The molecule has 2 aliphatic carbocycles. The second-order valence-corrected chi connectivity index (χ2v) is 5.86. The van der Waals surface area contributed by atoms with Gasteiger partial charge in [0.15, 0.2) is 0 Å². The summed E-state index contributed by atoms with van der Waals surface area (Å²) in [5.41, 5.74) is 2.83. The summed E-state index contributed by atoms with van der Waals surface area (Å²) in [6.45, 7) is 0.882. The fraction of sp³-hybridized carbons (Fsp3) is 0.625. The number of hydrogen-bond acceptors (Lipinski definition) is 2. The van der Waals surface area contributed by atoms with Gasteiger partial charge in [0.1, 0.15) is 0 Å². The molecule has 1 aromatic rings. The van der Waals surface area contributed by atoms with Crippen molar-refractivity contribution in [3.8, 4) is 0 Å². The first-order chi connectivity index (χ1) is 8.83. The maximum atomic E-state index is 9.91. The van der Waals surface area contributed by atoms with Gasteiger partial charge in [0.25, 0.3) is 0 Å². The van der Waals surface area contributed by atoms with Crippen molar-refractivity contribution in [1.82, 2.24) is 5.32 Å². The lowest BCUT2D eigenvalue weighted by Gasteiger charge is -2.28. The Bertz CT molecular complexity index is 383. The van der Waals surface area contributed by atoms with Crippen molar-refractivity contribution >= 4 is 0 Å². The van der Waals surface area contributed by atoms with E-state index < -0.39 is 0 Å². The van der Waals surface area contributed by atoms with Gasteiger partial charge in [0, 0.05) is 12.6 Å². The predicted molar refractivity (Wildman–Crippen MR) is 73.5 cm³/mol. The monoisotopic (exact) mass is 245 g/mol. The summed E-state index contributed by atoms with van der Waals surface area (Å²) < 4.78 is 0. The highest BCUT2D eigenvalue weighted by Gasteiger charge is 2.23. The number of aliphatic hydroxyl groups excluding tert-OH is 1. The molecule has 2 saturated carbocycles. The second kappa shape index (κ2) is 5.41. The molecule has 3 rings (SSSR count). The minimum absolute atomic E-state index is 0.149. The molecule has 0 amide bonds. The smallest absolute Gasteiger partial charge is 0.0693 e. The van der Waals surface area contributed by atoms with E-state index in [1.165, 1.54) is 36.8 Å². The number of hydrogen-bond donors (Lipinski definition) is 2. The summed E-state index contributed by atoms with van der Waals surface area (Å²) in [5.74, 6) is 0.840. The Morgan fingerprint density at radius 2 is 1.72 bits per heavy atom. The van der Waals surface area contributed by atoms with E-state index in [4.69, 9.17) is 0 Å². The summed E-state index contributed by atoms with van der Waals surface area (Å²) in [7, 11) is 0. The molecule has 0 aliphatic heterocycles. The molecular weight excluding hydrogens is 222 g/mol. The number of rotatable bonds is 4. The van der Waals surface area contributed by atoms with Gasteiger partial charge in [-0.25, -0.2) is 0 Å². The van der Waals surface area contributed by atoms with E-state index in [1.807, 2.05) is 0 Å². The molecule has 98 valence electrons. The zero-order valence-electron chi connectivity index (χ0n) is 10.9. The van der Waals surface area contributed by atoms with Crippen molar-refractivity contribution in [2.45, 2.75) is 63.1 Å². The predicted octanol–water partition coefficient (Wildman–Crippen LogP) is 2.96. The molecule has 2 nitrogen and oxygen atoms in total. The van der Waals surface area contributed by atoms with Crippen molar-refractivity contribution in [3.05, 3.63) is 35.4 Å². The van der Waals surface area contributed by atoms with Crippen molar-refractivity contribution < 1.29 is 5.11 Å². The zero-order valence-corrected chi connectivity index (χ0v) is 10.9. The van der Waals surface area contributed by atoms with Crippen molar-refractivity contribution in [1.29, 1.82) is 0 Å². The Morgan fingerprint density at radius 3 is 2.39 bits per heavy atom. The molecule has 2 unspecified atom stereocenters. The van der Waals surface area contributed by atoms with E-state index in [9.17, 15) is 5.11 Å². The van der Waals surface area contributed by atoms with Gasteiger partial charge in [-0.05, 0) is 42.7 Å². The first-order valence-electron chi connectivity index (χ1n) is 7.33. The molecular formula is C16H23NO. The molecule has 0 bridgehead atoms. The van der Waals surface area contributed by atoms with Crippen molar-refractivity contribution in [3.63, 3.8) is 0 Å². The lowest BCUT2D eigenvalue weighted by molar-refractivity contribution is 0.0902. The second-order valence-electron chi connectivity index (χ2n) is 5.86. The van der Waals surface area contributed by atoms with E-state index in [0.29, 0.717) is 6.04 Å². The molecule has 0 radical (unpaired) electrons. The third-order valence-electron chi connectivity index (χ3n) is 4.33. The van der Waals surface area contributed by atoms with Crippen LogP contribution in [0.5, 0.6) is 0 Å². The molecule has 2 aliphatic rings. The first-order valence-corrected chi connectivity index (χ1v) is 7.33. The topological polar surface area (TPSA) is 32.3 Å². The van der Waals surface area contributed by atoms with Crippen LogP contribution in [0, 0.1) is 0 Å². The third-order valence-corrected chi connectivity index (χ3v) is 4.33. The lowest BCUT2D eigenvalue weighted by atomic mass is 9.92. The van der Waals surface area contributed by atoms with Gasteiger partial charge >= 0.3 is 0 Å². The Balaban J connectivity index is 1.52. The molecule has 2 heteroatoms. The van der Waals surface area contributed by atoms with Gasteiger partial charge in [0.05, 0.1) is 6.10 Å². The summed E-state index contributed by atoms with van der Waals surface area (Å²) in [6, 6.07) is 9.30. The van der Waals surface area contributed by atoms with Crippen LogP contribution >= 0.6 is 0 Å². The molecule has 18 heavy (non-hydrogen) atoms. The molecule has 0 heterocycles. The summed E-state index contributed by atoms with van der Waals surface area (Å²) in [6.07, 6.45) is 7.08. The highest BCUT2D eigenvalue weighted by molar-refractivity contribution is 5.28. The molecule has 2 fully saturated rings. The van der Waals surface area contributed by atoms with Gasteiger partial charge < -0.3 is 10.4 Å². The zero-order chi connectivity index (χ0) is 12.4. The van der Waals surface area contributed by atoms with E-state index in [1.54, 1.807) is 0 Å². The Labute approximate surface area is 109 Å². The van der Waals surface area contributed by atoms with Crippen LogP contribution in [0.15, 0.2) is 24.3 Å². The maximum absolute atomic E-state index is 9.91. The Kier molecular flexibility index (Phi) is 3.67. The van der Waals surface area contributed by atoms with Crippen LogP contribution in [0.25, 0.3) is 0 Å².